The zero-order valence-corrected chi connectivity index (χ0v) is 12.0. The molecule has 2 unspecified atom stereocenters. The SMILES string of the molecule is O=C(NC12CCCC1NCC2)c1cc(=O)[nH]cc1Br. The minimum absolute atomic E-state index is 0.126. The standard InChI is InChI=1S/C13H16BrN3O2/c14-9-7-16-11(18)6-8(9)12(19)17-13-3-1-2-10(13)15-5-4-13/h6-7,10,15H,1-5H2,(H,16,18)(H,17,19). The second kappa shape index (κ2) is 4.76. The molecule has 5 nitrogen and oxygen atoms in total. The van der Waals surface area contributed by atoms with E-state index in [-0.39, 0.29) is 17.0 Å². The number of amides is 1. The molecule has 0 aromatic carbocycles. The van der Waals surface area contributed by atoms with Crippen LogP contribution in [0.15, 0.2) is 21.5 Å². The Hall–Kier alpha value is -1.14. The second-order valence-electron chi connectivity index (χ2n) is 5.32. The highest BCUT2D eigenvalue weighted by Crippen LogP contribution is 2.36. The number of hydrogen-bond acceptors (Lipinski definition) is 3. The summed E-state index contributed by atoms with van der Waals surface area (Å²) in [7, 11) is 0. The van der Waals surface area contributed by atoms with Gasteiger partial charge in [0.15, 0.2) is 0 Å². The summed E-state index contributed by atoms with van der Waals surface area (Å²) in [6, 6.07) is 1.71. The van der Waals surface area contributed by atoms with Gasteiger partial charge >= 0.3 is 0 Å². The predicted molar refractivity (Wildman–Crippen MR) is 75.2 cm³/mol. The smallest absolute Gasteiger partial charge is 0.253 e. The molecule has 0 bridgehead atoms. The fourth-order valence-electron chi connectivity index (χ4n) is 3.27. The maximum absolute atomic E-state index is 12.4. The van der Waals surface area contributed by atoms with Crippen LogP contribution in [0.3, 0.4) is 0 Å². The molecule has 1 amide bonds. The fraction of sp³-hybridized carbons (Fsp3) is 0.538. The van der Waals surface area contributed by atoms with E-state index in [2.05, 4.69) is 31.5 Å². The van der Waals surface area contributed by atoms with E-state index in [1.807, 2.05) is 0 Å². The van der Waals surface area contributed by atoms with Crippen molar-refractivity contribution in [3.63, 3.8) is 0 Å². The highest BCUT2D eigenvalue weighted by Gasteiger charge is 2.47. The highest BCUT2D eigenvalue weighted by atomic mass is 79.9. The number of pyridine rings is 1. The van der Waals surface area contributed by atoms with Crippen molar-refractivity contribution in [3.8, 4) is 0 Å². The molecule has 0 radical (unpaired) electrons. The number of H-pyrrole nitrogens is 1. The molecule has 2 heterocycles. The van der Waals surface area contributed by atoms with Crippen LogP contribution < -0.4 is 16.2 Å². The summed E-state index contributed by atoms with van der Waals surface area (Å²) in [5.74, 6) is -0.173. The van der Waals surface area contributed by atoms with Crippen LogP contribution in [0.25, 0.3) is 0 Å². The number of hydrogen-bond donors (Lipinski definition) is 3. The van der Waals surface area contributed by atoms with Crippen LogP contribution in [0.1, 0.15) is 36.0 Å². The molecule has 1 aliphatic carbocycles. The lowest BCUT2D eigenvalue weighted by Crippen LogP contribution is -2.53. The van der Waals surface area contributed by atoms with E-state index in [0.717, 1.165) is 32.2 Å². The summed E-state index contributed by atoms with van der Waals surface area (Å²) >= 11 is 3.30. The topological polar surface area (TPSA) is 74.0 Å². The average Bonchev–Trinajstić information content (AvgIpc) is 2.91. The molecule has 1 aliphatic heterocycles. The number of rotatable bonds is 2. The predicted octanol–water partition coefficient (Wildman–Crippen LogP) is 1.15. The molecule has 102 valence electrons. The van der Waals surface area contributed by atoms with Crippen molar-refractivity contribution in [3.05, 3.63) is 32.7 Å². The normalized spacial score (nSPS) is 29.2. The molecular weight excluding hydrogens is 310 g/mol. The van der Waals surface area contributed by atoms with E-state index in [1.54, 1.807) is 0 Å². The first-order valence-electron chi connectivity index (χ1n) is 6.55. The molecule has 1 aromatic heterocycles. The van der Waals surface area contributed by atoms with Crippen molar-refractivity contribution in [2.45, 2.75) is 37.3 Å². The average molecular weight is 326 g/mol. The first-order chi connectivity index (χ1) is 9.11. The summed E-state index contributed by atoms with van der Waals surface area (Å²) in [6.07, 6.45) is 5.72. The highest BCUT2D eigenvalue weighted by molar-refractivity contribution is 9.10. The summed E-state index contributed by atoms with van der Waals surface area (Å²) in [4.78, 5) is 26.3. The Kier molecular flexibility index (Phi) is 3.22. The first-order valence-corrected chi connectivity index (χ1v) is 7.34. The van der Waals surface area contributed by atoms with E-state index in [1.165, 1.54) is 12.3 Å². The number of fused-ring (bicyclic) bond motifs is 1. The Balaban J connectivity index is 1.85. The van der Waals surface area contributed by atoms with Gasteiger partial charge in [0, 0.05) is 22.8 Å². The van der Waals surface area contributed by atoms with Crippen LogP contribution >= 0.6 is 15.9 Å². The Morgan fingerprint density at radius 1 is 1.47 bits per heavy atom. The molecule has 3 rings (SSSR count). The maximum Gasteiger partial charge on any atom is 0.253 e. The van der Waals surface area contributed by atoms with Gasteiger partial charge in [-0.15, -0.1) is 0 Å². The van der Waals surface area contributed by atoms with Gasteiger partial charge in [-0.25, -0.2) is 0 Å². The van der Waals surface area contributed by atoms with Crippen LogP contribution in [0, 0.1) is 0 Å². The van der Waals surface area contributed by atoms with Crippen LogP contribution in [0.4, 0.5) is 0 Å². The summed E-state index contributed by atoms with van der Waals surface area (Å²) in [5, 5.41) is 6.60. The third kappa shape index (κ3) is 2.23. The van der Waals surface area contributed by atoms with Gasteiger partial charge in [-0.3, -0.25) is 9.59 Å². The van der Waals surface area contributed by atoms with Crippen molar-refractivity contribution in [1.29, 1.82) is 0 Å². The van der Waals surface area contributed by atoms with Gasteiger partial charge < -0.3 is 15.6 Å². The number of aromatic nitrogens is 1. The number of carbonyl (C=O) groups excluding carboxylic acids is 1. The molecular formula is C13H16BrN3O2. The van der Waals surface area contributed by atoms with E-state index >= 15 is 0 Å². The Labute approximate surface area is 119 Å². The lowest BCUT2D eigenvalue weighted by molar-refractivity contribution is 0.0897. The van der Waals surface area contributed by atoms with Crippen LogP contribution in [-0.2, 0) is 0 Å². The molecule has 0 spiro atoms. The number of nitrogens with one attached hydrogen (secondary N) is 3. The van der Waals surface area contributed by atoms with E-state index in [0.29, 0.717) is 16.1 Å². The summed E-state index contributed by atoms with van der Waals surface area (Å²) in [5.41, 5.74) is 0.00751. The lowest BCUT2D eigenvalue weighted by atomic mass is 9.92. The molecule has 19 heavy (non-hydrogen) atoms. The van der Waals surface area contributed by atoms with Crippen molar-refractivity contribution >= 4 is 21.8 Å². The Morgan fingerprint density at radius 2 is 2.32 bits per heavy atom. The molecule has 6 heteroatoms. The minimum atomic E-state index is -0.265. The zero-order chi connectivity index (χ0) is 13.5. The molecule has 1 saturated carbocycles. The minimum Gasteiger partial charge on any atom is -0.345 e. The van der Waals surface area contributed by atoms with Crippen LogP contribution in [0.5, 0.6) is 0 Å². The second-order valence-corrected chi connectivity index (χ2v) is 6.17. The zero-order valence-electron chi connectivity index (χ0n) is 10.5. The monoisotopic (exact) mass is 325 g/mol. The summed E-state index contributed by atoms with van der Waals surface area (Å²) in [6.45, 7) is 0.946. The van der Waals surface area contributed by atoms with E-state index in [4.69, 9.17) is 0 Å². The number of carbonyl (C=O) groups is 1. The van der Waals surface area contributed by atoms with Gasteiger partial charge in [-0.2, -0.15) is 0 Å². The van der Waals surface area contributed by atoms with Crippen molar-refractivity contribution in [2.24, 2.45) is 0 Å². The Morgan fingerprint density at radius 3 is 3.16 bits per heavy atom. The van der Waals surface area contributed by atoms with Gasteiger partial charge in [0.25, 0.3) is 5.91 Å². The molecule has 1 aromatic rings. The molecule has 1 saturated heterocycles. The number of aromatic amines is 1. The molecule has 2 aliphatic rings. The third-order valence-electron chi connectivity index (χ3n) is 4.23. The quantitative estimate of drug-likeness (QED) is 0.763. The van der Waals surface area contributed by atoms with Crippen molar-refractivity contribution in [1.82, 2.24) is 15.6 Å². The third-order valence-corrected chi connectivity index (χ3v) is 4.88. The summed E-state index contributed by atoms with van der Waals surface area (Å²) < 4.78 is 0.613. The fourth-order valence-corrected chi connectivity index (χ4v) is 3.68. The number of halogens is 1. The maximum atomic E-state index is 12.4. The van der Waals surface area contributed by atoms with Crippen molar-refractivity contribution < 1.29 is 4.79 Å². The largest absolute Gasteiger partial charge is 0.345 e. The molecule has 2 atom stereocenters. The van der Waals surface area contributed by atoms with Crippen LogP contribution in [-0.4, -0.2) is 29.0 Å². The Bertz CT molecular complexity index is 559. The van der Waals surface area contributed by atoms with Gasteiger partial charge in [-0.05, 0) is 48.2 Å². The van der Waals surface area contributed by atoms with Crippen molar-refractivity contribution in [2.75, 3.05) is 6.54 Å². The molecule has 3 N–H and O–H groups in total. The van der Waals surface area contributed by atoms with Gasteiger partial charge in [0.05, 0.1) is 11.1 Å². The lowest BCUT2D eigenvalue weighted by Gasteiger charge is -2.30. The van der Waals surface area contributed by atoms with Gasteiger partial charge in [0.1, 0.15) is 0 Å². The first kappa shape index (κ1) is 12.9. The van der Waals surface area contributed by atoms with E-state index in [9.17, 15) is 9.59 Å². The van der Waals surface area contributed by atoms with Gasteiger partial charge in [0.2, 0.25) is 5.56 Å². The molecule has 2 fully saturated rings. The van der Waals surface area contributed by atoms with E-state index < -0.39 is 0 Å². The van der Waals surface area contributed by atoms with Crippen LogP contribution in [0.2, 0.25) is 0 Å². The van der Waals surface area contributed by atoms with Gasteiger partial charge in [-0.1, -0.05) is 0 Å².